The van der Waals surface area contributed by atoms with Crippen LogP contribution in [0.2, 0.25) is 0 Å². The van der Waals surface area contributed by atoms with Crippen LogP contribution in [0.15, 0.2) is 23.8 Å². The second-order valence-electron chi connectivity index (χ2n) is 13.3. The van der Waals surface area contributed by atoms with Gasteiger partial charge in [-0.25, -0.2) is 9.59 Å². The highest BCUT2D eigenvalue weighted by Gasteiger charge is 2.60. The molecule has 0 aliphatic heterocycles. The van der Waals surface area contributed by atoms with Crippen molar-refractivity contribution in [1.82, 2.24) is 5.32 Å². The van der Waals surface area contributed by atoms with Crippen molar-refractivity contribution in [3.63, 3.8) is 0 Å². The number of allylic oxidation sites excluding steroid dienone is 3. The molecule has 4 aliphatic carbocycles. The van der Waals surface area contributed by atoms with E-state index < -0.39 is 49.1 Å². The molecule has 5 unspecified atom stereocenters. The molecule has 45 heavy (non-hydrogen) atoms. The topological polar surface area (TPSA) is 153 Å². The van der Waals surface area contributed by atoms with E-state index in [0.29, 0.717) is 17.8 Å². The van der Waals surface area contributed by atoms with Crippen LogP contribution in [0.4, 0.5) is 9.59 Å². The Morgan fingerprint density at radius 3 is 2.27 bits per heavy atom. The van der Waals surface area contributed by atoms with Crippen LogP contribution < -0.4 is 5.32 Å². The number of carbonyl (C=O) groups excluding carboxylic acids is 5. The van der Waals surface area contributed by atoms with E-state index >= 15 is 0 Å². The van der Waals surface area contributed by atoms with E-state index in [9.17, 15) is 24.0 Å². The van der Waals surface area contributed by atoms with E-state index in [4.69, 9.17) is 28.4 Å². The van der Waals surface area contributed by atoms with Gasteiger partial charge in [-0.05, 0) is 74.5 Å². The first-order chi connectivity index (χ1) is 21.2. The molecule has 0 radical (unpaired) electrons. The third kappa shape index (κ3) is 8.18. The average molecular weight is 634 g/mol. The van der Waals surface area contributed by atoms with Crippen molar-refractivity contribution in [2.24, 2.45) is 28.6 Å². The minimum Gasteiger partial charge on any atom is -0.462 e. The van der Waals surface area contributed by atoms with Crippen molar-refractivity contribution in [3.05, 3.63) is 23.8 Å². The summed E-state index contributed by atoms with van der Waals surface area (Å²) in [5, 5.41) is 2.20. The summed E-state index contributed by atoms with van der Waals surface area (Å²) in [7, 11) is 0. The van der Waals surface area contributed by atoms with Crippen LogP contribution in [-0.2, 0) is 42.8 Å². The van der Waals surface area contributed by atoms with Gasteiger partial charge in [-0.1, -0.05) is 37.6 Å². The van der Waals surface area contributed by atoms with Gasteiger partial charge in [0.15, 0.2) is 6.10 Å². The number of fused-ring (bicyclic) bond motifs is 5. The number of esters is 3. The summed E-state index contributed by atoms with van der Waals surface area (Å²) in [5.74, 6) is -0.409. The largest absolute Gasteiger partial charge is 0.511 e. The minimum atomic E-state index is -1.28. The first-order valence-electron chi connectivity index (χ1n) is 15.9. The van der Waals surface area contributed by atoms with E-state index in [1.54, 1.807) is 5.57 Å². The van der Waals surface area contributed by atoms with Crippen molar-refractivity contribution >= 4 is 30.2 Å². The van der Waals surface area contributed by atoms with Crippen molar-refractivity contribution in [2.75, 3.05) is 19.8 Å². The van der Waals surface area contributed by atoms with Gasteiger partial charge in [0.05, 0.1) is 0 Å². The molecule has 0 heterocycles. The summed E-state index contributed by atoms with van der Waals surface area (Å²) in [6.07, 6.45) is 6.12. The van der Waals surface area contributed by atoms with Crippen LogP contribution in [0.3, 0.4) is 0 Å². The molecule has 0 aromatic carbocycles. The smallest absolute Gasteiger partial charge is 0.462 e. The molecule has 4 aliphatic rings. The Kier molecular flexibility index (Phi) is 10.9. The Morgan fingerprint density at radius 2 is 1.60 bits per heavy atom. The molecule has 0 aromatic heterocycles. The lowest BCUT2D eigenvalue weighted by Crippen LogP contribution is -2.51. The predicted molar refractivity (Wildman–Crippen MR) is 159 cm³/mol. The molecule has 0 aromatic rings. The lowest BCUT2D eigenvalue weighted by atomic mass is 9.47. The summed E-state index contributed by atoms with van der Waals surface area (Å²) >= 11 is 0. The van der Waals surface area contributed by atoms with Gasteiger partial charge in [-0.2, -0.15) is 0 Å². The lowest BCUT2D eigenvalue weighted by molar-refractivity contribution is -0.164. The minimum absolute atomic E-state index is 0.138. The number of hydrogen-bond donors (Lipinski definition) is 1. The molecule has 7 atom stereocenters. The van der Waals surface area contributed by atoms with Crippen LogP contribution in [0, 0.1) is 28.6 Å². The van der Waals surface area contributed by atoms with Gasteiger partial charge >= 0.3 is 30.2 Å². The van der Waals surface area contributed by atoms with Gasteiger partial charge in [-0.15, -0.1) is 0 Å². The highest BCUT2D eigenvalue weighted by atomic mass is 16.8. The summed E-state index contributed by atoms with van der Waals surface area (Å²) < 4.78 is 30.8. The molecule has 1 amide bonds. The zero-order valence-electron chi connectivity index (χ0n) is 27.0. The maximum absolute atomic E-state index is 12.7. The molecule has 12 heteroatoms. The lowest BCUT2D eigenvalue weighted by Gasteiger charge is -2.58. The fourth-order valence-electron chi connectivity index (χ4n) is 8.20. The van der Waals surface area contributed by atoms with Crippen LogP contribution in [0.5, 0.6) is 0 Å². The SMILES string of the molecule is C=C1C=C2CCC3[C@H](CCC4(C)C(OC(=O)OC(C)OC(=O)NCC(=O)OC(COC(C)=O)COC(C)=O)CC[C@@H]34)C2(C)CC1. The van der Waals surface area contributed by atoms with E-state index in [-0.39, 0.29) is 30.1 Å². The molecule has 4 rings (SSSR count). The summed E-state index contributed by atoms with van der Waals surface area (Å²) in [5.41, 5.74) is 2.89. The van der Waals surface area contributed by atoms with Gasteiger partial charge in [0, 0.05) is 26.2 Å². The molecule has 0 saturated heterocycles. The summed E-state index contributed by atoms with van der Waals surface area (Å²) in [4.78, 5) is 59.2. The quantitative estimate of drug-likeness (QED) is 0.193. The number of nitrogens with one attached hydrogen (secondary N) is 1. The average Bonchev–Trinajstić information content (AvgIpc) is 3.29. The molecule has 0 spiro atoms. The molecule has 12 nitrogen and oxygen atoms in total. The van der Waals surface area contributed by atoms with Gasteiger partial charge < -0.3 is 33.7 Å². The zero-order valence-corrected chi connectivity index (χ0v) is 27.0. The fourth-order valence-corrected chi connectivity index (χ4v) is 8.20. The number of carbonyl (C=O) groups is 5. The zero-order chi connectivity index (χ0) is 32.9. The monoisotopic (exact) mass is 633 g/mol. The second-order valence-corrected chi connectivity index (χ2v) is 13.3. The number of amides is 1. The second kappa shape index (κ2) is 14.2. The van der Waals surface area contributed by atoms with E-state index in [2.05, 4.69) is 31.8 Å². The number of ether oxygens (including phenoxy) is 6. The van der Waals surface area contributed by atoms with Crippen molar-refractivity contribution in [3.8, 4) is 0 Å². The molecular weight excluding hydrogens is 586 g/mol. The van der Waals surface area contributed by atoms with Crippen molar-refractivity contribution in [2.45, 2.75) is 104 Å². The Morgan fingerprint density at radius 1 is 0.911 bits per heavy atom. The number of rotatable bonds is 10. The maximum Gasteiger partial charge on any atom is 0.511 e. The Balaban J connectivity index is 1.22. The standard InChI is InChI=1S/C33H47NO11/c1-19-11-13-32(5)23(15-19)7-8-25-26-9-10-28(33(26,6)14-12-27(25)32)45-31(39)43-22(4)42-30(38)34-16-29(37)44-24(17-40-20(2)35)18-41-21(3)36/h15,22,24-28H,1,7-14,16-18H2,2-6H3,(H,34,38)/t22?,25?,26-,27-,28?,32?,33?/m0/s1. The van der Waals surface area contributed by atoms with Gasteiger partial charge in [0.25, 0.3) is 0 Å². The highest BCUT2D eigenvalue weighted by Crippen LogP contribution is 2.66. The van der Waals surface area contributed by atoms with Gasteiger partial charge in [0.1, 0.15) is 25.9 Å². The third-order valence-corrected chi connectivity index (χ3v) is 10.4. The number of alkyl carbamates (subject to hydrolysis) is 1. The molecule has 1 N–H and O–H groups in total. The van der Waals surface area contributed by atoms with Crippen LogP contribution >= 0.6 is 0 Å². The summed E-state index contributed by atoms with van der Waals surface area (Å²) in [6.45, 7) is 11.4. The molecule has 3 saturated carbocycles. The van der Waals surface area contributed by atoms with Crippen molar-refractivity contribution < 1.29 is 52.4 Å². The Hall–Kier alpha value is -3.57. The van der Waals surface area contributed by atoms with Crippen LogP contribution in [-0.4, -0.2) is 68.4 Å². The Bertz CT molecular complexity index is 1190. The fraction of sp³-hybridized carbons (Fsp3) is 0.727. The van der Waals surface area contributed by atoms with Crippen molar-refractivity contribution in [1.29, 1.82) is 0 Å². The highest BCUT2D eigenvalue weighted by molar-refractivity contribution is 5.78. The van der Waals surface area contributed by atoms with Gasteiger partial charge in [0.2, 0.25) is 6.29 Å². The van der Waals surface area contributed by atoms with Crippen LogP contribution in [0.25, 0.3) is 0 Å². The van der Waals surface area contributed by atoms with E-state index in [1.165, 1.54) is 26.3 Å². The first-order valence-corrected chi connectivity index (χ1v) is 15.9. The third-order valence-electron chi connectivity index (χ3n) is 10.4. The number of hydrogen-bond acceptors (Lipinski definition) is 11. The normalized spacial score (nSPS) is 30.8. The Labute approximate surface area is 264 Å². The van der Waals surface area contributed by atoms with E-state index in [0.717, 1.165) is 51.4 Å². The first kappa shape index (κ1) is 34.3. The van der Waals surface area contributed by atoms with Crippen LogP contribution in [0.1, 0.15) is 86.0 Å². The van der Waals surface area contributed by atoms with E-state index in [1.807, 2.05) is 0 Å². The predicted octanol–water partition coefficient (Wildman–Crippen LogP) is 5.14. The van der Waals surface area contributed by atoms with Gasteiger partial charge in [-0.3, -0.25) is 14.4 Å². The molecule has 3 fully saturated rings. The maximum atomic E-state index is 12.7. The summed E-state index contributed by atoms with van der Waals surface area (Å²) in [6, 6.07) is 0. The molecule has 0 bridgehead atoms. The molecular formula is C33H47NO11. The molecule has 250 valence electrons.